The standard InChI is InChI=1S/C28H23F3N4O3/c1-15-7-9-17(11-21(15)31)32-27-25-22(33-26(34-27)24-19(29)5-4-6-20(24)30)14-35(28(25)36)13-16-8-10-18(37-2)12-23(16)38-3/h4-12,14,36H,13H2,1-3H3,(H,32,33,34). The number of nitrogens with zero attached hydrogens (tertiary/aromatic N) is 3. The van der Waals surface area contributed by atoms with Crippen LogP contribution in [0.3, 0.4) is 0 Å². The molecular formula is C28H23F3N4O3. The van der Waals surface area contributed by atoms with Crippen LogP contribution in [0.5, 0.6) is 17.4 Å². The molecule has 5 rings (SSSR count). The van der Waals surface area contributed by atoms with E-state index >= 15 is 0 Å². The third kappa shape index (κ3) is 4.56. The van der Waals surface area contributed by atoms with Crippen molar-refractivity contribution in [3.8, 4) is 28.8 Å². The van der Waals surface area contributed by atoms with Crippen LogP contribution in [0.1, 0.15) is 11.1 Å². The Morgan fingerprint density at radius 1 is 0.921 bits per heavy atom. The van der Waals surface area contributed by atoms with Crippen LogP contribution in [-0.4, -0.2) is 33.9 Å². The first-order chi connectivity index (χ1) is 18.3. The maximum Gasteiger partial charge on any atom is 0.204 e. The highest BCUT2D eigenvalue weighted by Gasteiger charge is 2.22. The SMILES string of the molecule is COc1ccc(Cn2cc3nc(-c4c(F)cccc4F)nc(Nc4ccc(C)c(F)c4)c3c2O)c(OC)c1. The van der Waals surface area contributed by atoms with Crippen molar-refractivity contribution in [2.45, 2.75) is 13.5 Å². The van der Waals surface area contributed by atoms with Gasteiger partial charge < -0.3 is 24.5 Å². The summed E-state index contributed by atoms with van der Waals surface area (Å²) in [7, 11) is 3.07. The first kappa shape index (κ1) is 24.9. The Morgan fingerprint density at radius 2 is 1.68 bits per heavy atom. The topological polar surface area (TPSA) is 81.4 Å². The molecule has 0 unspecified atom stereocenters. The van der Waals surface area contributed by atoms with Gasteiger partial charge in [-0.3, -0.25) is 0 Å². The first-order valence-electron chi connectivity index (χ1n) is 11.6. The van der Waals surface area contributed by atoms with Crippen LogP contribution in [0, 0.1) is 24.4 Å². The maximum atomic E-state index is 14.6. The molecule has 7 nitrogen and oxygen atoms in total. The van der Waals surface area contributed by atoms with Crippen molar-refractivity contribution in [2.24, 2.45) is 0 Å². The number of aromatic hydroxyl groups is 1. The molecule has 0 bridgehead atoms. The largest absolute Gasteiger partial charge is 0.497 e. The van der Waals surface area contributed by atoms with Gasteiger partial charge in [-0.15, -0.1) is 0 Å². The predicted molar refractivity (Wildman–Crippen MR) is 138 cm³/mol. The first-order valence-corrected chi connectivity index (χ1v) is 11.6. The molecule has 0 fully saturated rings. The Hall–Kier alpha value is -4.73. The van der Waals surface area contributed by atoms with Gasteiger partial charge in [0.25, 0.3) is 0 Å². The summed E-state index contributed by atoms with van der Waals surface area (Å²) in [6.07, 6.45) is 1.54. The summed E-state index contributed by atoms with van der Waals surface area (Å²) < 4.78 is 55.8. The maximum absolute atomic E-state index is 14.6. The lowest BCUT2D eigenvalue weighted by Crippen LogP contribution is -2.02. The number of aromatic nitrogens is 3. The summed E-state index contributed by atoms with van der Waals surface area (Å²) in [6, 6.07) is 13.2. The molecule has 0 aliphatic heterocycles. The average Bonchev–Trinajstić information content (AvgIpc) is 3.21. The van der Waals surface area contributed by atoms with Crippen LogP contribution in [-0.2, 0) is 6.54 Å². The summed E-state index contributed by atoms with van der Waals surface area (Å²) in [5.74, 6) is -1.38. The summed E-state index contributed by atoms with van der Waals surface area (Å²) in [5.41, 5.74) is 1.30. The van der Waals surface area contributed by atoms with E-state index in [1.165, 1.54) is 23.8 Å². The highest BCUT2D eigenvalue weighted by molar-refractivity contribution is 5.97. The number of anilines is 2. The highest BCUT2D eigenvalue weighted by Crippen LogP contribution is 2.37. The number of ether oxygens (including phenoxy) is 2. The summed E-state index contributed by atoms with van der Waals surface area (Å²) in [4.78, 5) is 8.70. The van der Waals surface area contributed by atoms with E-state index in [4.69, 9.17) is 9.47 Å². The number of methoxy groups -OCH3 is 2. The van der Waals surface area contributed by atoms with Crippen LogP contribution < -0.4 is 14.8 Å². The molecule has 38 heavy (non-hydrogen) atoms. The summed E-state index contributed by atoms with van der Waals surface area (Å²) in [5, 5.41) is 14.4. The van der Waals surface area contributed by atoms with E-state index in [1.54, 1.807) is 50.6 Å². The molecule has 0 saturated carbocycles. The van der Waals surface area contributed by atoms with Crippen LogP contribution in [0.2, 0.25) is 0 Å². The number of halogens is 3. The average molecular weight is 521 g/mol. The number of hydrogen-bond acceptors (Lipinski definition) is 6. The van der Waals surface area contributed by atoms with Gasteiger partial charge in [-0.2, -0.15) is 0 Å². The monoisotopic (exact) mass is 520 g/mol. The van der Waals surface area contributed by atoms with Crippen molar-refractivity contribution in [1.29, 1.82) is 0 Å². The van der Waals surface area contributed by atoms with Gasteiger partial charge >= 0.3 is 0 Å². The van der Waals surface area contributed by atoms with E-state index in [-0.39, 0.29) is 35.0 Å². The number of rotatable bonds is 7. The molecule has 2 heterocycles. The van der Waals surface area contributed by atoms with Gasteiger partial charge in [0.2, 0.25) is 5.88 Å². The van der Waals surface area contributed by atoms with Crippen LogP contribution >= 0.6 is 0 Å². The Bertz CT molecular complexity index is 1650. The van der Waals surface area contributed by atoms with E-state index in [2.05, 4.69) is 15.3 Å². The zero-order valence-corrected chi connectivity index (χ0v) is 20.7. The summed E-state index contributed by atoms with van der Waals surface area (Å²) in [6.45, 7) is 1.80. The molecule has 0 aliphatic rings. The van der Waals surface area contributed by atoms with Crippen LogP contribution in [0.25, 0.3) is 22.3 Å². The Kier molecular flexibility index (Phi) is 6.54. The second-order valence-corrected chi connectivity index (χ2v) is 8.60. The normalized spacial score (nSPS) is 11.1. The molecule has 0 spiro atoms. The van der Waals surface area contributed by atoms with Crippen molar-refractivity contribution in [3.63, 3.8) is 0 Å². The van der Waals surface area contributed by atoms with Crippen molar-refractivity contribution in [2.75, 3.05) is 19.5 Å². The number of hydrogen-bond donors (Lipinski definition) is 2. The molecule has 0 aliphatic carbocycles. The Morgan fingerprint density at radius 3 is 2.37 bits per heavy atom. The van der Waals surface area contributed by atoms with Gasteiger partial charge in [-0.1, -0.05) is 12.1 Å². The van der Waals surface area contributed by atoms with Crippen molar-refractivity contribution >= 4 is 22.4 Å². The van der Waals surface area contributed by atoms with E-state index < -0.39 is 23.0 Å². The van der Waals surface area contributed by atoms with Crippen molar-refractivity contribution in [3.05, 3.63) is 89.4 Å². The number of aryl methyl sites for hydroxylation is 1. The molecule has 5 aromatic rings. The lowest BCUT2D eigenvalue weighted by Gasteiger charge is -2.12. The third-order valence-corrected chi connectivity index (χ3v) is 6.17. The number of benzene rings is 3. The van der Waals surface area contributed by atoms with E-state index in [0.717, 1.165) is 17.7 Å². The quantitative estimate of drug-likeness (QED) is 0.261. The molecule has 0 saturated heterocycles. The van der Waals surface area contributed by atoms with E-state index in [1.807, 2.05) is 0 Å². The van der Waals surface area contributed by atoms with Gasteiger partial charge in [0.05, 0.1) is 31.8 Å². The molecule has 0 atom stereocenters. The minimum absolute atomic E-state index is 0.0499. The molecule has 2 N–H and O–H groups in total. The van der Waals surface area contributed by atoms with Crippen LogP contribution in [0.4, 0.5) is 24.7 Å². The Balaban J connectivity index is 1.67. The fourth-order valence-corrected chi connectivity index (χ4v) is 4.15. The Labute approximate surface area is 216 Å². The second kappa shape index (κ2) is 9.97. The van der Waals surface area contributed by atoms with E-state index in [0.29, 0.717) is 22.7 Å². The minimum atomic E-state index is -0.844. The zero-order chi connectivity index (χ0) is 27.0. The molecule has 0 radical (unpaired) electrons. The fraction of sp³-hybridized carbons (Fsp3) is 0.143. The zero-order valence-electron chi connectivity index (χ0n) is 20.7. The fourth-order valence-electron chi connectivity index (χ4n) is 4.15. The lowest BCUT2D eigenvalue weighted by molar-refractivity contribution is 0.387. The smallest absolute Gasteiger partial charge is 0.204 e. The lowest BCUT2D eigenvalue weighted by atomic mass is 10.1. The molecule has 3 aromatic carbocycles. The molecule has 0 amide bonds. The van der Waals surface area contributed by atoms with Gasteiger partial charge in [-0.05, 0) is 48.9 Å². The number of nitrogens with one attached hydrogen (secondary N) is 1. The minimum Gasteiger partial charge on any atom is -0.497 e. The summed E-state index contributed by atoms with van der Waals surface area (Å²) >= 11 is 0. The molecule has 194 valence electrons. The van der Waals surface area contributed by atoms with Gasteiger partial charge in [0.1, 0.15) is 40.2 Å². The van der Waals surface area contributed by atoms with Gasteiger partial charge in [-0.25, -0.2) is 23.1 Å². The van der Waals surface area contributed by atoms with Gasteiger partial charge in [0, 0.05) is 23.5 Å². The highest BCUT2D eigenvalue weighted by atomic mass is 19.1. The van der Waals surface area contributed by atoms with Crippen molar-refractivity contribution < 1.29 is 27.8 Å². The van der Waals surface area contributed by atoms with E-state index in [9.17, 15) is 18.3 Å². The third-order valence-electron chi connectivity index (χ3n) is 6.17. The molecule has 2 aromatic heterocycles. The van der Waals surface area contributed by atoms with Crippen molar-refractivity contribution in [1.82, 2.24) is 14.5 Å². The second-order valence-electron chi connectivity index (χ2n) is 8.60. The molecule has 10 heteroatoms. The number of fused-ring (bicyclic) bond motifs is 1. The van der Waals surface area contributed by atoms with Crippen LogP contribution in [0.15, 0.2) is 60.8 Å². The van der Waals surface area contributed by atoms with Gasteiger partial charge in [0.15, 0.2) is 5.82 Å². The predicted octanol–water partition coefficient (Wildman–Crippen LogP) is 6.34. The molecular weight excluding hydrogens is 497 g/mol.